The molecule has 0 aromatic heterocycles. The summed E-state index contributed by atoms with van der Waals surface area (Å²) in [6.07, 6.45) is -1.52. The van der Waals surface area contributed by atoms with E-state index in [-0.39, 0.29) is 0 Å². The zero-order valence-electron chi connectivity index (χ0n) is 11.0. The van der Waals surface area contributed by atoms with Crippen molar-refractivity contribution in [2.45, 2.75) is 39.6 Å². The van der Waals surface area contributed by atoms with Gasteiger partial charge in [0.1, 0.15) is 0 Å². The van der Waals surface area contributed by atoms with Crippen LogP contribution in [0.3, 0.4) is 0 Å². The van der Waals surface area contributed by atoms with E-state index in [0.29, 0.717) is 6.61 Å². The van der Waals surface area contributed by atoms with Crippen molar-refractivity contribution in [2.24, 2.45) is 5.92 Å². The summed E-state index contributed by atoms with van der Waals surface area (Å²) < 4.78 is 5.49. The maximum Gasteiger partial charge on any atom is 0.308 e. The van der Waals surface area contributed by atoms with Crippen LogP contribution in [0.5, 0.6) is 0 Å². The molecule has 0 aliphatic carbocycles. The first-order chi connectivity index (χ1) is 8.41. The van der Waals surface area contributed by atoms with Gasteiger partial charge >= 0.3 is 5.97 Å². The number of hydrogen-bond donors (Lipinski definition) is 2. The Morgan fingerprint density at radius 2 is 1.83 bits per heavy atom. The normalized spacial score (nSPS) is 16.0. The van der Waals surface area contributed by atoms with Crippen LogP contribution < -0.4 is 0 Å². The predicted molar refractivity (Wildman–Crippen MR) is 68.2 cm³/mol. The summed E-state index contributed by atoms with van der Waals surface area (Å²) in [6, 6.07) is 7.88. The van der Waals surface area contributed by atoms with Crippen molar-refractivity contribution < 1.29 is 19.7 Å². The third-order valence-corrected chi connectivity index (χ3v) is 3.02. The Hall–Kier alpha value is -1.39. The van der Waals surface area contributed by atoms with Crippen LogP contribution in [0, 0.1) is 12.8 Å². The molecule has 100 valence electrons. The number of hydrogen-bond acceptors (Lipinski definition) is 3. The van der Waals surface area contributed by atoms with Crippen molar-refractivity contribution in [3.8, 4) is 0 Å². The number of ether oxygens (including phenoxy) is 1. The molecule has 0 amide bonds. The first-order valence-electron chi connectivity index (χ1n) is 6.00. The molecule has 0 fully saturated rings. The van der Waals surface area contributed by atoms with Crippen LogP contribution in [0.25, 0.3) is 0 Å². The highest BCUT2D eigenvalue weighted by Gasteiger charge is 2.27. The van der Waals surface area contributed by atoms with Crippen molar-refractivity contribution in [1.82, 2.24) is 0 Å². The lowest BCUT2D eigenvalue weighted by Crippen LogP contribution is -2.36. The summed E-state index contributed by atoms with van der Waals surface area (Å²) in [5, 5.41) is 18.6. The summed E-state index contributed by atoms with van der Waals surface area (Å²) in [5.41, 5.74) is 2.17. The molecule has 1 rings (SSSR count). The smallest absolute Gasteiger partial charge is 0.308 e. The molecule has 4 nitrogen and oxygen atoms in total. The van der Waals surface area contributed by atoms with Gasteiger partial charge in [0.15, 0.2) is 0 Å². The van der Waals surface area contributed by atoms with Gasteiger partial charge in [0.25, 0.3) is 0 Å². The van der Waals surface area contributed by atoms with Crippen molar-refractivity contribution in [3.05, 3.63) is 35.4 Å². The van der Waals surface area contributed by atoms with Gasteiger partial charge in [0.05, 0.1) is 24.7 Å². The summed E-state index contributed by atoms with van der Waals surface area (Å²) in [4.78, 5) is 10.7. The first kappa shape index (κ1) is 14.7. The van der Waals surface area contributed by atoms with E-state index in [1.807, 2.05) is 31.2 Å². The minimum Gasteiger partial charge on any atom is -0.481 e. The first-order valence-corrected chi connectivity index (χ1v) is 6.00. The molecule has 0 aliphatic heterocycles. The molecule has 0 aliphatic rings. The predicted octanol–water partition coefficient (Wildman–Crippen LogP) is 1.98. The molecule has 4 heteroatoms. The Bertz CT molecular complexity index is 385. The van der Waals surface area contributed by atoms with Crippen molar-refractivity contribution >= 4 is 5.97 Å². The molecule has 0 saturated carbocycles. The van der Waals surface area contributed by atoms with Gasteiger partial charge in [-0.1, -0.05) is 29.8 Å². The number of carbonyl (C=O) groups is 1. The second-order valence-corrected chi connectivity index (χ2v) is 4.62. The number of aliphatic hydroxyl groups is 1. The number of carboxylic acid groups (broad SMARTS) is 1. The van der Waals surface area contributed by atoms with Crippen LogP contribution in [-0.4, -0.2) is 28.4 Å². The maximum atomic E-state index is 10.7. The molecule has 18 heavy (non-hydrogen) atoms. The van der Waals surface area contributed by atoms with Gasteiger partial charge in [-0.3, -0.25) is 4.79 Å². The Morgan fingerprint density at radius 1 is 1.28 bits per heavy atom. The van der Waals surface area contributed by atoms with Crippen molar-refractivity contribution in [1.29, 1.82) is 0 Å². The average molecular weight is 252 g/mol. The molecule has 0 bridgehead atoms. The second kappa shape index (κ2) is 6.52. The highest BCUT2D eigenvalue weighted by Crippen LogP contribution is 2.13. The van der Waals surface area contributed by atoms with Gasteiger partial charge in [-0.15, -0.1) is 0 Å². The van der Waals surface area contributed by atoms with Crippen LogP contribution in [0.4, 0.5) is 0 Å². The fraction of sp³-hybridized carbons (Fsp3) is 0.500. The van der Waals surface area contributed by atoms with Gasteiger partial charge in [0.2, 0.25) is 0 Å². The Balaban J connectivity index is 2.47. The Kier molecular flexibility index (Phi) is 5.31. The molecular formula is C14H20O4. The van der Waals surface area contributed by atoms with Crippen LogP contribution in [0.2, 0.25) is 0 Å². The standard InChI is InChI=1S/C14H20O4/c1-9-4-6-12(7-5-9)8-18-11(3)13(15)10(2)14(16)17/h4-7,10-11,13,15H,8H2,1-3H3,(H,16,17)/t10-,11-,13-/m0/s1. The van der Waals surface area contributed by atoms with Gasteiger partial charge in [-0.25, -0.2) is 0 Å². The lowest BCUT2D eigenvalue weighted by Gasteiger charge is -2.22. The highest BCUT2D eigenvalue weighted by molar-refractivity contribution is 5.70. The lowest BCUT2D eigenvalue weighted by molar-refractivity contribution is -0.149. The molecule has 1 aromatic rings. The minimum absolute atomic E-state index is 0.366. The molecule has 3 atom stereocenters. The summed E-state index contributed by atoms with van der Waals surface area (Å²) >= 11 is 0. The van der Waals surface area contributed by atoms with Crippen molar-refractivity contribution in [2.75, 3.05) is 0 Å². The van der Waals surface area contributed by atoms with Crippen LogP contribution in [-0.2, 0) is 16.1 Å². The van der Waals surface area contributed by atoms with E-state index in [1.165, 1.54) is 12.5 Å². The van der Waals surface area contributed by atoms with Crippen LogP contribution in [0.1, 0.15) is 25.0 Å². The Morgan fingerprint density at radius 3 is 2.33 bits per heavy atom. The average Bonchev–Trinajstić information content (AvgIpc) is 2.35. The Labute approximate surface area is 107 Å². The molecule has 0 unspecified atom stereocenters. The number of aliphatic hydroxyl groups excluding tert-OH is 1. The van der Waals surface area contributed by atoms with Crippen LogP contribution >= 0.6 is 0 Å². The number of rotatable bonds is 6. The van der Waals surface area contributed by atoms with Gasteiger partial charge in [-0.05, 0) is 26.3 Å². The number of aryl methyl sites for hydroxylation is 1. The molecule has 0 heterocycles. The second-order valence-electron chi connectivity index (χ2n) is 4.62. The highest BCUT2D eigenvalue weighted by atomic mass is 16.5. The molecule has 0 spiro atoms. The third kappa shape index (κ3) is 4.13. The van der Waals surface area contributed by atoms with Gasteiger partial charge in [0, 0.05) is 0 Å². The maximum absolute atomic E-state index is 10.7. The molecule has 1 aromatic carbocycles. The fourth-order valence-corrected chi connectivity index (χ4v) is 1.56. The van der Waals surface area contributed by atoms with E-state index in [4.69, 9.17) is 9.84 Å². The largest absolute Gasteiger partial charge is 0.481 e. The van der Waals surface area contributed by atoms with Crippen molar-refractivity contribution in [3.63, 3.8) is 0 Å². The monoisotopic (exact) mass is 252 g/mol. The molecule has 2 N–H and O–H groups in total. The molecular weight excluding hydrogens is 232 g/mol. The summed E-state index contributed by atoms with van der Waals surface area (Å²) in [6.45, 7) is 5.52. The van der Waals surface area contributed by atoms with E-state index < -0.39 is 24.1 Å². The number of aliphatic carboxylic acids is 1. The zero-order chi connectivity index (χ0) is 13.7. The van der Waals surface area contributed by atoms with Crippen LogP contribution in [0.15, 0.2) is 24.3 Å². The lowest BCUT2D eigenvalue weighted by atomic mass is 10.0. The fourth-order valence-electron chi connectivity index (χ4n) is 1.56. The number of carboxylic acids is 1. The quantitative estimate of drug-likeness (QED) is 0.812. The molecule has 0 radical (unpaired) electrons. The van der Waals surface area contributed by atoms with E-state index in [9.17, 15) is 9.90 Å². The number of benzene rings is 1. The van der Waals surface area contributed by atoms with E-state index in [2.05, 4.69) is 0 Å². The third-order valence-electron chi connectivity index (χ3n) is 3.02. The summed E-state index contributed by atoms with van der Waals surface area (Å²) in [7, 11) is 0. The topological polar surface area (TPSA) is 66.8 Å². The molecule has 0 saturated heterocycles. The SMILES string of the molecule is Cc1ccc(CO[C@@H](C)[C@@H](O)[C@H](C)C(=O)O)cc1. The summed E-state index contributed by atoms with van der Waals surface area (Å²) in [5.74, 6) is -1.86. The zero-order valence-corrected chi connectivity index (χ0v) is 11.0. The minimum atomic E-state index is -1.02. The van der Waals surface area contributed by atoms with E-state index in [0.717, 1.165) is 5.56 Å². The van der Waals surface area contributed by atoms with E-state index in [1.54, 1.807) is 6.92 Å². The van der Waals surface area contributed by atoms with Gasteiger partial charge < -0.3 is 14.9 Å². The van der Waals surface area contributed by atoms with Gasteiger partial charge in [-0.2, -0.15) is 0 Å². The van der Waals surface area contributed by atoms with E-state index >= 15 is 0 Å².